The second-order valence-corrected chi connectivity index (χ2v) is 5.14. The molecule has 1 aliphatic rings. The van der Waals surface area contributed by atoms with Gasteiger partial charge >= 0.3 is 0 Å². The summed E-state index contributed by atoms with van der Waals surface area (Å²) < 4.78 is 2.27. The van der Waals surface area contributed by atoms with Crippen molar-refractivity contribution in [1.82, 2.24) is 4.31 Å². The average Bonchev–Trinajstić information content (AvgIpc) is 2.42. The Bertz CT molecular complexity index is 320. The van der Waals surface area contributed by atoms with Crippen LogP contribution in [-0.4, -0.2) is 11.4 Å². The van der Waals surface area contributed by atoms with Gasteiger partial charge in [0.15, 0.2) is 0 Å². The molecule has 0 bridgehead atoms. The highest BCUT2D eigenvalue weighted by Crippen LogP contribution is 2.35. The molecule has 0 saturated heterocycles. The lowest BCUT2D eigenvalue weighted by atomic mass is 10.0. The molecule has 0 aliphatic carbocycles. The van der Waals surface area contributed by atoms with E-state index in [0.29, 0.717) is 5.92 Å². The standard InChI is InChI=1S/C11H15NS/c1-8(2)9-4-5-11-10(6-9)7-12(3)13-11/h4-6,8H,7H2,1-3H3. The Balaban J connectivity index is 2.35. The third-order valence-electron chi connectivity index (χ3n) is 2.40. The van der Waals surface area contributed by atoms with Gasteiger partial charge < -0.3 is 0 Å². The zero-order valence-corrected chi connectivity index (χ0v) is 9.19. The van der Waals surface area contributed by atoms with Gasteiger partial charge in [0.1, 0.15) is 0 Å². The summed E-state index contributed by atoms with van der Waals surface area (Å²) >= 11 is 1.84. The van der Waals surface area contributed by atoms with E-state index in [4.69, 9.17) is 0 Å². The first kappa shape index (κ1) is 9.10. The second-order valence-electron chi connectivity index (χ2n) is 3.90. The summed E-state index contributed by atoms with van der Waals surface area (Å²) in [5.41, 5.74) is 2.94. The molecule has 0 amide bonds. The van der Waals surface area contributed by atoms with Crippen LogP contribution in [0.1, 0.15) is 30.9 Å². The summed E-state index contributed by atoms with van der Waals surface area (Å²) in [4.78, 5) is 1.42. The SMILES string of the molecule is CC(C)c1ccc2c(c1)CN(C)S2. The first-order valence-corrected chi connectivity index (χ1v) is 5.46. The second kappa shape index (κ2) is 3.35. The summed E-state index contributed by atoms with van der Waals surface area (Å²) in [5, 5.41) is 0. The van der Waals surface area contributed by atoms with E-state index < -0.39 is 0 Å². The monoisotopic (exact) mass is 193 g/mol. The normalized spacial score (nSPS) is 16.6. The number of fused-ring (bicyclic) bond motifs is 1. The highest BCUT2D eigenvalue weighted by Gasteiger charge is 2.16. The predicted octanol–water partition coefficient (Wildman–Crippen LogP) is 3.26. The molecule has 2 heteroatoms. The topological polar surface area (TPSA) is 3.24 Å². The third-order valence-corrected chi connectivity index (χ3v) is 3.43. The largest absolute Gasteiger partial charge is 0.245 e. The fraction of sp³-hybridized carbons (Fsp3) is 0.455. The van der Waals surface area contributed by atoms with Crippen LogP contribution in [0.2, 0.25) is 0 Å². The molecule has 0 radical (unpaired) electrons. The quantitative estimate of drug-likeness (QED) is 0.630. The van der Waals surface area contributed by atoms with Crippen molar-refractivity contribution in [2.75, 3.05) is 7.05 Å². The van der Waals surface area contributed by atoms with Crippen molar-refractivity contribution < 1.29 is 0 Å². The molecule has 13 heavy (non-hydrogen) atoms. The van der Waals surface area contributed by atoms with Crippen molar-refractivity contribution in [3.05, 3.63) is 29.3 Å². The Morgan fingerprint density at radius 3 is 2.85 bits per heavy atom. The Morgan fingerprint density at radius 2 is 2.15 bits per heavy atom. The van der Waals surface area contributed by atoms with E-state index in [-0.39, 0.29) is 0 Å². The molecular weight excluding hydrogens is 178 g/mol. The first-order chi connectivity index (χ1) is 6.16. The number of nitrogens with zero attached hydrogens (tertiary/aromatic N) is 1. The fourth-order valence-electron chi connectivity index (χ4n) is 1.61. The van der Waals surface area contributed by atoms with Crippen LogP contribution < -0.4 is 0 Å². The van der Waals surface area contributed by atoms with Gasteiger partial charge in [0.2, 0.25) is 0 Å². The first-order valence-electron chi connectivity index (χ1n) is 4.69. The van der Waals surface area contributed by atoms with E-state index in [1.807, 2.05) is 11.9 Å². The lowest BCUT2D eigenvalue weighted by Gasteiger charge is -2.06. The van der Waals surface area contributed by atoms with Crippen LogP contribution in [0.15, 0.2) is 23.1 Å². The van der Waals surface area contributed by atoms with Crippen LogP contribution in [-0.2, 0) is 6.54 Å². The Hall–Kier alpha value is -0.470. The maximum absolute atomic E-state index is 2.34. The molecule has 2 rings (SSSR count). The molecule has 70 valence electrons. The number of hydrogen-bond donors (Lipinski definition) is 0. The summed E-state index contributed by atoms with van der Waals surface area (Å²) in [7, 11) is 2.14. The highest BCUT2D eigenvalue weighted by molar-refractivity contribution is 7.97. The smallest absolute Gasteiger partial charge is 0.0352 e. The minimum Gasteiger partial charge on any atom is -0.245 e. The molecule has 1 aliphatic heterocycles. The van der Waals surface area contributed by atoms with E-state index in [9.17, 15) is 0 Å². The van der Waals surface area contributed by atoms with E-state index in [1.54, 1.807) is 0 Å². The van der Waals surface area contributed by atoms with E-state index in [2.05, 4.69) is 43.4 Å². The van der Waals surface area contributed by atoms with Crippen LogP contribution >= 0.6 is 11.9 Å². The molecule has 1 aromatic carbocycles. The molecule has 0 atom stereocenters. The van der Waals surface area contributed by atoms with Crippen LogP contribution in [0.25, 0.3) is 0 Å². The molecular formula is C11H15NS. The van der Waals surface area contributed by atoms with Crippen molar-refractivity contribution in [2.45, 2.75) is 31.2 Å². The van der Waals surface area contributed by atoms with E-state index in [1.165, 1.54) is 16.0 Å². The lowest BCUT2D eigenvalue weighted by molar-refractivity contribution is 0.581. The molecule has 0 N–H and O–H groups in total. The van der Waals surface area contributed by atoms with Gasteiger partial charge in [0, 0.05) is 11.4 Å². The number of rotatable bonds is 1. The van der Waals surface area contributed by atoms with Crippen LogP contribution in [0.3, 0.4) is 0 Å². The van der Waals surface area contributed by atoms with Crippen molar-refractivity contribution in [3.63, 3.8) is 0 Å². The van der Waals surface area contributed by atoms with E-state index >= 15 is 0 Å². The van der Waals surface area contributed by atoms with Gasteiger partial charge in [0.25, 0.3) is 0 Å². The average molecular weight is 193 g/mol. The molecule has 0 fully saturated rings. The third kappa shape index (κ3) is 1.74. The van der Waals surface area contributed by atoms with E-state index in [0.717, 1.165) is 6.54 Å². The van der Waals surface area contributed by atoms with Crippen LogP contribution in [0.4, 0.5) is 0 Å². The van der Waals surface area contributed by atoms with Crippen LogP contribution in [0, 0.1) is 0 Å². The molecule has 1 nitrogen and oxygen atoms in total. The van der Waals surface area contributed by atoms with Crippen molar-refractivity contribution >= 4 is 11.9 Å². The van der Waals surface area contributed by atoms with Crippen LogP contribution in [0.5, 0.6) is 0 Å². The predicted molar refractivity (Wildman–Crippen MR) is 57.9 cm³/mol. The van der Waals surface area contributed by atoms with Crippen molar-refractivity contribution in [1.29, 1.82) is 0 Å². The zero-order valence-electron chi connectivity index (χ0n) is 8.37. The molecule has 0 aromatic heterocycles. The Kier molecular flexibility index (Phi) is 2.35. The zero-order chi connectivity index (χ0) is 9.42. The maximum Gasteiger partial charge on any atom is 0.0352 e. The maximum atomic E-state index is 2.34. The number of hydrogen-bond acceptors (Lipinski definition) is 2. The van der Waals surface area contributed by atoms with Crippen molar-refractivity contribution in [3.8, 4) is 0 Å². The van der Waals surface area contributed by atoms with Gasteiger partial charge in [-0.25, -0.2) is 4.31 Å². The molecule has 0 spiro atoms. The van der Waals surface area contributed by atoms with Gasteiger partial charge in [0.05, 0.1) is 0 Å². The Morgan fingerprint density at radius 1 is 1.38 bits per heavy atom. The van der Waals surface area contributed by atoms with Crippen molar-refractivity contribution in [2.24, 2.45) is 0 Å². The molecule has 0 saturated carbocycles. The highest BCUT2D eigenvalue weighted by atomic mass is 32.2. The summed E-state index contributed by atoms with van der Waals surface area (Å²) in [6.07, 6.45) is 0. The molecule has 1 heterocycles. The minimum absolute atomic E-state index is 0.640. The summed E-state index contributed by atoms with van der Waals surface area (Å²) in [6.45, 7) is 5.57. The Labute approximate surface area is 84.3 Å². The summed E-state index contributed by atoms with van der Waals surface area (Å²) in [5.74, 6) is 0.640. The van der Waals surface area contributed by atoms with Gasteiger partial charge in [-0.3, -0.25) is 0 Å². The number of benzene rings is 1. The van der Waals surface area contributed by atoms with Gasteiger partial charge in [-0.2, -0.15) is 0 Å². The van der Waals surface area contributed by atoms with Gasteiger partial charge in [-0.05, 0) is 42.1 Å². The fourth-order valence-corrected chi connectivity index (χ4v) is 2.52. The van der Waals surface area contributed by atoms with Gasteiger partial charge in [-0.15, -0.1) is 0 Å². The lowest BCUT2D eigenvalue weighted by Crippen LogP contribution is -2.00. The molecule has 1 aromatic rings. The van der Waals surface area contributed by atoms with Gasteiger partial charge in [-0.1, -0.05) is 26.0 Å². The summed E-state index contributed by atoms with van der Waals surface area (Å²) in [6, 6.07) is 6.84. The minimum atomic E-state index is 0.640. The molecule has 0 unspecified atom stereocenters.